The SMILES string of the molecule is Cc1sc(NC(=O)c2cccs2)c(C(c2ccc3c(c2)OCO3)N2CCC(C)CC2)c1C. The average Bonchev–Trinajstić information content (AvgIpc) is 3.53. The monoisotopic (exact) mass is 468 g/mol. The van der Waals surface area contributed by atoms with E-state index >= 15 is 0 Å². The van der Waals surface area contributed by atoms with Gasteiger partial charge in [0.25, 0.3) is 5.91 Å². The Bertz CT molecular complexity index is 1110. The predicted molar refractivity (Wildman–Crippen MR) is 130 cm³/mol. The van der Waals surface area contributed by atoms with Gasteiger partial charge in [-0.05, 0) is 80.4 Å². The van der Waals surface area contributed by atoms with Crippen LogP contribution in [0.1, 0.15) is 57.0 Å². The lowest BCUT2D eigenvalue weighted by Crippen LogP contribution is -2.37. The summed E-state index contributed by atoms with van der Waals surface area (Å²) in [5, 5.41) is 6.11. The second-order valence-electron chi connectivity index (χ2n) is 8.69. The van der Waals surface area contributed by atoms with Crippen molar-refractivity contribution in [2.75, 3.05) is 25.2 Å². The molecular formula is C25H28N2O3S2. The first-order valence-electron chi connectivity index (χ1n) is 11.1. The van der Waals surface area contributed by atoms with Crippen LogP contribution >= 0.6 is 22.7 Å². The maximum Gasteiger partial charge on any atom is 0.266 e. The van der Waals surface area contributed by atoms with Crippen LogP contribution in [0.3, 0.4) is 0 Å². The molecule has 7 heteroatoms. The zero-order valence-electron chi connectivity index (χ0n) is 18.6. The Balaban J connectivity index is 1.57. The van der Waals surface area contributed by atoms with E-state index in [1.165, 1.54) is 45.7 Å². The van der Waals surface area contributed by atoms with E-state index in [0.29, 0.717) is 0 Å². The molecule has 0 radical (unpaired) electrons. The Morgan fingerprint density at radius 1 is 1.16 bits per heavy atom. The molecule has 0 spiro atoms. The number of fused-ring (bicyclic) bond motifs is 1. The maximum absolute atomic E-state index is 12.9. The van der Waals surface area contributed by atoms with Gasteiger partial charge in [0.15, 0.2) is 11.5 Å². The fraction of sp³-hybridized carbons (Fsp3) is 0.400. The van der Waals surface area contributed by atoms with Crippen molar-refractivity contribution >= 4 is 33.6 Å². The lowest BCUT2D eigenvalue weighted by molar-refractivity contribution is 0.103. The molecule has 1 atom stereocenters. The number of hydrogen-bond donors (Lipinski definition) is 1. The summed E-state index contributed by atoms with van der Waals surface area (Å²) in [6, 6.07) is 10.1. The van der Waals surface area contributed by atoms with Gasteiger partial charge in [-0.2, -0.15) is 0 Å². The fourth-order valence-electron chi connectivity index (χ4n) is 4.57. The normalized spacial score (nSPS) is 17.5. The number of carbonyl (C=O) groups is 1. The zero-order chi connectivity index (χ0) is 22.2. The first kappa shape index (κ1) is 21.5. The van der Waals surface area contributed by atoms with Crippen LogP contribution in [0, 0.1) is 19.8 Å². The number of amides is 1. The topological polar surface area (TPSA) is 50.8 Å². The van der Waals surface area contributed by atoms with Gasteiger partial charge >= 0.3 is 0 Å². The molecule has 5 rings (SSSR count). The molecule has 1 N–H and O–H groups in total. The first-order chi connectivity index (χ1) is 15.5. The second-order valence-corrected chi connectivity index (χ2v) is 10.9. The zero-order valence-corrected chi connectivity index (χ0v) is 20.3. The first-order valence-corrected chi connectivity index (χ1v) is 12.8. The van der Waals surface area contributed by atoms with Crippen molar-refractivity contribution in [1.82, 2.24) is 4.90 Å². The predicted octanol–water partition coefficient (Wildman–Crippen LogP) is 6.23. The third kappa shape index (κ3) is 4.05. The number of likely N-dealkylation sites (tertiary alicyclic amines) is 1. The number of anilines is 1. The highest BCUT2D eigenvalue weighted by Crippen LogP contribution is 2.45. The standard InChI is InChI=1S/C25H28N2O3S2/c1-15-8-10-27(11-9-15)23(18-6-7-19-20(13-18)30-14-29-19)22-16(2)17(3)32-25(22)26-24(28)21-5-4-12-31-21/h4-7,12-13,15,23H,8-11,14H2,1-3H3,(H,26,28). The molecule has 2 aliphatic heterocycles. The van der Waals surface area contributed by atoms with Crippen LogP contribution in [0.2, 0.25) is 0 Å². The Morgan fingerprint density at radius 3 is 2.69 bits per heavy atom. The molecule has 3 aromatic rings. The summed E-state index contributed by atoms with van der Waals surface area (Å²) in [5.74, 6) is 2.29. The largest absolute Gasteiger partial charge is 0.454 e. The van der Waals surface area contributed by atoms with E-state index in [1.807, 2.05) is 23.6 Å². The number of benzene rings is 1. The summed E-state index contributed by atoms with van der Waals surface area (Å²) >= 11 is 3.14. The smallest absolute Gasteiger partial charge is 0.266 e. The molecule has 2 aliphatic rings. The van der Waals surface area contributed by atoms with E-state index in [4.69, 9.17) is 9.47 Å². The number of ether oxygens (including phenoxy) is 2. The number of rotatable bonds is 5. The van der Waals surface area contributed by atoms with E-state index in [9.17, 15) is 4.79 Å². The van der Waals surface area contributed by atoms with Crippen molar-refractivity contribution in [3.63, 3.8) is 0 Å². The maximum atomic E-state index is 12.9. The quantitative estimate of drug-likeness (QED) is 0.482. The molecule has 1 aromatic carbocycles. The molecule has 1 unspecified atom stereocenters. The molecular weight excluding hydrogens is 440 g/mol. The van der Waals surface area contributed by atoms with Gasteiger partial charge < -0.3 is 14.8 Å². The Hall–Kier alpha value is -2.35. The van der Waals surface area contributed by atoms with Crippen molar-refractivity contribution in [3.8, 4) is 11.5 Å². The van der Waals surface area contributed by atoms with Gasteiger partial charge in [0.1, 0.15) is 5.00 Å². The summed E-state index contributed by atoms with van der Waals surface area (Å²) in [7, 11) is 0. The minimum atomic E-state index is -0.0424. The molecule has 1 amide bonds. The molecule has 168 valence electrons. The molecule has 0 aliphatic carbocycles. The second kappa shape index (κ2) is 8.89. The van der Waals surface area contributed by atoms with Crippen LogP contribution in [-0.4, -0.2) is 30.7 Å². The molecule has 1 saturated heterocycles. The number of hydrogen-bond acceptors (Lipinski definition) is 6. The molecule has 2 aromatic heterocycles. The molecule has 0 bridgehead atoms. The summed E-state index contributed by atoms with van der Waals surface area (Å²) < 4.78 is 11.3. The molecule has 0 saturated carbocycles. The Morgan fingerprint density at radius 2 is 1.94 bits per heavy atom. The van der Waals surface area contributed by atoms with E-state index in [-0.39, 0.29) is 18.7 Å². The number of thiophene rings is 2. The van der Waals surface area contributed by atoms with Crippen molar-refractivity contribution in [1.29, 1.82) is 0 Å². The summed E-state index contributed by atoms with van der Waals surface area (Å²) in [6.07, 6.45) is 2.36. The number of carbonyl (C=O) groups excluding carboxylic acids is 1. The van der Waals surface area contributed by atoms with Gasteiger partial charge in [-0.3, -0.25) is 9.69 Å². The van der Waals surface area contributed by atoms with Crippen LogP contribution in [-0.2, 0) is 0 Å². The number of piperidine rings is 1. The Kier molecular flexibility index (Phi) is 5.97. The van der Waals surface area contributed by atoms with Gasteiger partial charge in [-0.1, -0.05) is 19.1 Å². The summed E-state index contributed by atoms with van der Waals surface area (Å²) in [6.45, 7) is 8.98. The molecule has 1 fully saturated rings. The highest BCUT2D eigenvalue weighted by molar-refractivity contribution is 7.17. The van der Waals surface area contributed by atoms with Gasteiger partial charge in [-0.25, -0.2) is 0 Å². The minimum absolute atomic E-state index is 0.0424. The third-order valence-corrected chi connectivity index (χ3v) is 8.58. The number of aryl methyl sites for hydroxylation is 1. The number of nitrogens with zero attached hydrogens (tertiary/aromatic N) is 1. The van der Waals surface area contributed by atoms with Crippen LogP contribution in [0.15, 0.2) is 35.7 Å². The highest BCUT2D eigenvalue weighted by Gasteiger charge is 2.32. The van der Waals surface area contributed by atoms with Crippen molar-refractivity contribution < 1.29 is 14.3 Å². The van der Waals surface area contributed by atoms with Crippen LogP contribution in [0.4, 0.5) is 5.00 Å². The van der Waals surface area contributed by atoms with Gasteiger partial charge in [0, 0.05) is 10.4 Å². The molecule has 4 heterocycles. The lowest BCUT2D eigenvalue weighted by Gasteiger charge is -2.37. The summed E-state index contributed by atoms with van der Waals surface area (Å²) in [5.41, 5.74) is 3.62. The van der Waals surface area contributed by atoms with E-state index in [1.54, 1.807) is 11.3 Å². The summed E-state index contributed by atoms with van der Waals surface area (Å²) in [4.78, 5) is 17.5. The van der Waals surface area contributed by atoms with Crippen LogP contribution < -0.4 is 14.8 Å². The van der Waals surface area contributed by atoms with Crippen LogP contribution in [0.25, 0.3) is 0 Å². The fourth-order valence-corrected chi connectivity index (χ4v) is 6.28. The minimum Gasteiger partial charge on any atom is -0.454 e. The molecule has 32 heavy (non-hydrogen) atoms. The molecule has 5 nitrogen and oxygen atoms in total. The van der Waals surface area contributed by atoms with Gasteiger partial charge in [0.05, 0.1) is 10.9 Å². The van der Waals surface area contributed by atoms with E-state index in [2.05, 4.69) is 43.1 Å². The lowest BCUT2D eigenvalue weighted by atomic mass is 9.91. The highest BCUT2D eigenvalue weighted by atomic mass is 32.1. The third-order valence-electron chi connectivity index (χ3n) is 6.57. The average molecular weight is 469 g/mol. The van der Waals surface area contributed by atoms with Crippen molar-refractivity contribution in [2.45, 2.75) is 39.7 Å². The van der Waals surface area contributed by atoms with Crippen LogP contribution in [0.5, 0.6) is 11.5 Å². The number of nitrogens with one attached hydrogen (secondary N) is 1. The van der Waals surface area contributed by atoms with Crippen molar-refractivity contribution in [3.05, 3.63) is 62.2 Å². The van der Waals surface area contributed by atoms with E-state index in [0.717, 1.165) is 40.4 Å². The van der Waals surface area contributed by atoms with Gasteiger partial charge in [-0.15, -0.1) is 22.7 Å². The van der Waals surface area contributed by atoms with E-state index < -0.39 is 0 Å². The van der Waals surface area contributed by atoms with Gasteiger partial charge in [0.2, 0.25) is 6.79 Å². The Labute approximate surface area is 197 Å². The van der Waals surface area contributed by atoms with Crippen molar-refractivity contribution in [2.24, 2.45) is 5.92 Å².